The van der Waals surface area contributed by atoms with Crippen LogP contribution in [0.1, 0.15) is 5.56 Å². The summed E-state index contributed by atoms with van der Waals surface area (Å²) in [5.41, 5.74) is 2.00. The molecule has 3 amide bonds. The van der Waals surface area contributed by atoms with Gasteiger partial charge in [-0.2, -0.15) is 4.99 Å². The highest BCUT2D eigenvalue weighted by atomic mass is 16.2. The maximum Gasteiger partial charge on any atom is 0.347 e. The van der Waals surface area contributed by atoms with Crippen LogP contribution in [0.4, 0.5) is 4.79 Å². The fraction of sp³-hybridized carbons (Fsp3) is 0.0833. The van der Waals surface area contributed by atoms with Crippen LogP contribution in [0.25, 0.3) is 5.70 Å². The van der Waals surface area contributed by atoms with Gasteiger partial charge in [0.2, 0.25) is 0 Å². The zero-order valence-corrected chi connectivity index (χ0v) is 8.75. The monoisotopic (exact) mass is 226 g/mol. The molecule has 1 radical (unpaired) electrons. The lowest BCUT2D eigenvalue weighted by atomic mass is 10.1. The Hall–Kier alpha value is -2.43. The van der Waals surface area contributed by atoms with Gasteiger partial charge in [-0.05, 0) is 11.6 Å². The smallest absolute Gasteiger partial charge is 0.274 e. The van der Waals surface area contributed by atoms with E-state index in [1.807, 2.05) is 30.3 Å². The summed E-state index contributed by atoms with van der Waals surface area (Å²) in [6.45, 7) is 0. The van der Waals surface area contributed by atoms with E-state index in [9.17, 15) is 9.59 Å². The summed E-state index contributed by atoms with van der Waals surface area (Å²) < 4.78 is 0. The zero-order valence-electron chi connectivity index (χ0n) is 8.75. The van der Waals surface area contributed by atoms with E-state index in [1.165, 1.54) is 0 Å². The van der Waals surface area contributed by atoms with Gasteiger partial charge in [0.25, 0.3) is 5.91 Å². The molecule has 0 saturated heterocycles. The summed E-state index contributed by atoms with van der Waals surface area (Å²) in [6, 6.07) is 8.17. The van der Waals surface area contributed by atoms with Crippen molar-refractivity contribution in [3.05, 3.63) is 42.0 Å². The minimum atomic E-state index is -0.678. The van der Waals surface area contributed by atoms with Gasteiger partial charge in [0.1, 0.15) is 0 Å². The van der Waals surface area contributed by atoms with Crippen LogP contribution in [0.3, 0.4) is 0 Å². The van der Waals surface area contributed by atoms with E-state index >= 15 is 0 Å². The number of nitrogens with zero attached hydrogens (tertiary/aromatic N) is 2. The van der Waals surface area contributed by atoms with Crippen molar-refractivity contribution in [1.82, 2.24) is 10.6 Å². The summed E-state index contributed by atoms with van der Waals surface area (Å²) in [5, 5.41) is 6.39. The molecule has 83 valence electrons. The summed E-state index contributed by atoms with van der Waals surface area (Å²) in [6.07, 6.45) is 1.68. The molecule has 1 aromatic carbocycles. The van der Waals surface area contributed by atoms with Gasteiger partial charge in [-0.25, -0.2) is 4.79 Å². The number of nitrogens with one attached hydrogen (secondary N) is 1. The second-order valence-electron chi connectivity index (χ2n) is 3.76. The molecule has 5 heteroatoms. The van der Waals surface area contributed by atoms with Crippen LogP contribution >= 0.6 is 0 Å². The summed E-state index contributed by atoms with van der Waals surface area (Å²) in [5.74, 6) is -0.415. The number of hydrogen-bond donors (Lipinski definition) is 1. The van der Waals surface area contributed by atoms with Gasteiger partial charge < -0.3 is 0 Å². The highest BCUT2D eigenvalue weighted by molar-refractivity contribution is 6.26. The lowest BCUT2D eigenvalue weighted by Crippen LogP contribution is -2.47. The SMILES string of the molecule is O=C1N=C2C=C(c3ccccc3)[N]C2C(=O)N1. The van der Waals surface area contributed by atoms with Gasteiger partial charge in [0.05, 0.1) is 11.4 Å². The van der Waals surface area contributed by atoms with Crippen LogP contribution in [0.5, 0.6) is 0 Å². The van der Waals surface area contributed by atoms with Crippen molar-refractivity contribution in [3.63, 3.8) is 0 Å². The van der Waals surface area contributed by atoms with Crippen molar-refractivity contribution in [2.75, 3.05) is 0 Å². The van der Waals surface area contributed by atoms with E-state index in [4.69, 9.17) is 0 Å². The molecule has 0 aliphatic carbocycles. The van der Waals surface area contributed by atoms with Gasteiger partial charge >= 0.3 is 6.03 Å². The summed E-state index contributed by atoms with van der Waals surface area (Å²) in [4.78, 5) is 26.3. The second-order valence-corrected chi connectivity index (χ2v) is 3.76. The zero-order chi connectivity index (χ0) is 11.8. The minimum absolute atomic E-state index is 0.414. The molecule has 2 heterocycles. The first-order chi connectivity index (χ1) is 8.24. The van der Waals surface area contributed by atoms with E-state index in [0.29, 0.717) is 11.4 Å². The molecule has 17 heavy (non-hydrogen) atoms. The predicted molar refractivity (Wildman–Crippen MR) is 61.3 cm³/mol. The van der Waals surface area contributed by atoms with Crippen molar-refractivity contribution in [1.29, 1.82) is 0 Å². The van der Waals surface area contributed by atoms with E-state index < -0.39 is 18.0 Å². The number of benzene rings is 1. The molecule has 1 aromatic rings. The third-order valence-corrected chi connectivity index (χ3v) is 2.61. The van der Waals surface area contributed by atoms with Crippen LogP contribution in [-0.4, -0.2) is 23.7 Å². The molecule has 0 aromatic heterocycles. The molecule has 1 atom stereocenters. The minimum Gasteiger partial charge on any atom is -0.274 e. The molecule has 0 spiro atoms. The third-order valence-electron chi connectivity index (χ3n) is 2.61. The van der Waals surface area contributed by atoms with Crippen LogP contribution in [-0.2, 0) is 4.79 Å². The summed E-state index contributed by atoms with van der Waals surface area (Å²) >= 11 is 0. The van der Waals surface area contributed by atoms with Crippen molar-refractivity contribution in [2.24, 2.45) is 4.99 Å². The standard InChI is InChI=1S/C12H8N3O2/c16-11-10-9(14-12(17)15-11)6-8(13-10)7-4-2-1-3-5-7/h1-6,10H,(H,15,16,17). The van der Waals surface area contributed by atoms with E-state index in [-0.39, 0.29) is 0 Å². The lowest BCUT2D eigenvalue weighted by Gasteiger charge is -2.14. The fourth-order valence-electron chi connectivity index (χ4n) is 1.83. The Kier molecular flexibility index (Phi) is 2.04. The topological polar surface area (TPSA) is 72.6 Å². The average molecular weight is 226 g/mol. The number of urea groups is 1. The van der Waals surface area contributed by atoms with Crippen molar-refractivity contribution < 1.29 is 9.59 Å². The Labute approximate surface area is 97.2 Å². The maximum atomic E-state index is 11.5. The molecular weight excluding hydrogens is 218 g/mol. The normalized spacial score (nSPS) is 22.2. The van der Waals surface area contributed by atoms with E-state index in [0.717, 1.165) is 5.56 Å². The van der Waals surface area contributed by atoms with Gasteiger partial charge in [-0.15, -0.1) is 0 Å². The van der Waals surface area contributed by atoms with Crippen LogP contribution in [0, 0.1) is 0 Å². The number of aliphatic imine (C=N–C) groups is 1. The van der Waals surface area contributed by atoms with Crippen LogP contribution in [0.2, 0.25) is 0 Å². The first kappa shape index (κ1) is 9.77. The number of carbonyl (C=O) groups is 2. The number of amides is 3. The lowest BCUT2D eigenvalue weighted by molar-refractivity contribution is -0.120. The quantitative estimate of drug-likeness (QED) is 0.765. The van der Waals surface area contributed by atoms with Gasteiger partial charge in [-0.3, -0.25) is 15.4 Å². The highest BCUT2D eigenvalue weighted by Crippen LogP contribution is 2.21. The number of fused-ring (bicyclic) bond motifs is 1. The second kappa shape index (κ2) is 3.55. The Morgan fingerprint density at radius 2 is 1.88 bits per heavy atom. The Morgan fingerprint density at radius 3 is 2.65 bits per heavy atom. The molecular formula is C12H8N3O2. The summed E-state index contributed by atoms with van der Waals surface area (Å²) in [7, 11) is 0. The molecule has 3 rings (SSSR count). The van der Waals surface area contributed by atoms with Gasteiger partial charge in [-0.1, -0.05) is 30.3 Å². The number of imide groups is 1. The van der Waals surface area contributed by atoms with E-state index in [2.05, 4.69) is 15.6 Å². The molecule has 0 fully saturated rings. The van der Waals surface area contributed by atoms with Crippen LogP contribution in [0.15, 0.2) is 41.4 Å². The number of carbonyl (C=O) groups excluding carboxylic acids is 2. The third kappa shape index (κ3) is 1.61. The Bertz CT molecular complexity index is 560. The van der Waals surface area contributed by atoms with Crippen molar-refractivity contribution in [3.8, 4) is 0 Å². The van der Waals surface area contributed by atoms with Gasteiger partial charge in [0.15, 0.2) is 6.04 Å². The fourth-order valence-corrected chi connectivity index (χ4v) is 1.83. The highest BCUT2D eigenvalue weighted by Gasteiger charge is 2.36. The predicted octanol–water partition coefficient (Wildman–Crippen LogP) is 0.705. The Morgan fingerprint density at radius 1 is 1.12 bits per heavy atom. The Balaban J connectivity index is 1.98. The molecule has 1 N–H and O–H groups in total. The average Bonchev–Trinajstić information content (AvgIpc) is 2.74. The molecule has 2 aliphatic rings. The molecule has 1 unspecified atom stereocenters. The first-order valence-electron chi connectivity index (χ1n) is 5.15. The van der Waals surface area contributed by atoms with Crippen molar-refractivity contribution in [2.45, 2.75) is 6.04 Å². The maximum absolute atomic E-state index is 11.5. The number of hydrogen-bond acceptors (Lipinski definition) is 2. The molecule has 5 nitrogen and oxygen atoms in total. The largest absolute Gasteiger partial charge is 0.347 e. The number of rotatable bonds is 1. The van der Waals surface area contributed by atoms with E-state index in [1.54, 1.807) is 6.08 Å². The van der Waals surface area contributed by atoms with Gasteiger partial charge in [0, 0.05) is 0 Å². The van der Waals surface area contributed by atoms with Crippen LogP contribution < -0.4 is 10.6 Å². The molecule has 0 saturated carbocycles. The first-order valence-corrected chi connectivity index (χ1v) is 5.15. The van der Waals surface area contributed by atoms with Crippen molar-refractivity contribution >= 4 is 23.3 Å². The molecule has 0 bridgehead atoms. The molecule has 2 aliphatic heterocycles.